The van der Waals surface area contributed by atoms with E-state index >= 15 is 0 Å². The Morgan fingerprint density at radius 3 is 2.62 bits per heavy atom. The van der Waals surface area contributed by atoms with Crippen molar-refractivity contribution >= 4 is 15.9 Å². The molecule has 0 aliphatic rings. The minimum atomic E-state index is -0.0156. The Balaban J connectivity index is 0.00000144. The molecule has 0 aliphatic carbocycles. The average Bonchev–Trinajstić information content (AvgIpc) is 2.03. The number of quaternary nitrogens is 1. The third-order valence-corrected chi connectivity index (χ3v) is 2.39. The molecule has 0 saturated carbocycles. The molecule has 0 aliphatic heterocycles. The van der Waals surface area contributed by atoms with Crippen LogP contribution in [-0.2, 0) is 0 Å². The van der Waals surface area contributed by atoms with Gasteiger partial charge in [-0.3, -0.25) is 0 Å². The number of aliphatic hydroxyl groups excluding tert-OH is 1. The maximum atomic E-state index is 8.91. The highest BCUT2D eigenvalue weighted by molar-refractivity contribution is 9.10. The Bertz CT molecular complexity index is 280. The fourth-order valence-corrected chi connectivity index (χ4v) is 1.67. The van der Waals surface area contributed by atoms with Gasteiger partial charge in [0.15, 0.2) is 0 Å². The van der Waals surface area contributed by atoms with Crippen molar-refractivity contribution in [1.29, 1.82) is 0 Å². The van der Waals surface area contributed by atoms with E-state index in [4.69, 9.17) is 5.11 Å². The highest BCUT2D eigenvalue weighted by Gasteiger charge is 2.10. The first-order valence-corrected chi connectivity index (χ1v) is 4.64. The van der Waals surface area contributed by atoms with Crippen molar-refractivity contribution in [3.8, 4) is 0 Å². The summed E-state index contributed by atoms with van der Waals surface area (Å²) in [6, 6.07) is 5.98. The third kappa shape index (κ3) is 3.27. The van der Waals surface area contributed by atoms with Crippen LogP contribution in [-0.4, -0.2) is 11.7 Å². The number of halogens is 2. The van der Waals surface area contributed by atoms with E-state index in [2.05, 4.69) is 21.7 Å². The number of hydrogen-bond donors (Lipinski definition) is 2. The van der Waals surface area contributed by atoms with E-state index in [0.717, 1.165) is 10.0 Å². The van der Waals surface area contributed by atoms with E-state index in [9.17, 15) is 0 Å². The molecule has 1 unspecified atom stereocenters. The number of rotatable bonds is 2. The largest absolute Gasteiger partial charge is 1.00 e. The van der Waals surface area contributed by atoms with Gasteiger partial charge < -0.3 is 23.2 Å². The molecular formula is C9H13BrClNO. The van der Waals surface area contributed by atoms with Crippen LogP contribution in [0.5, 0.6) is 0 Å². The Labute approximate surface area is 92.7 Å². The van der Waals surface area contributed by atoms with Crippen LogP contribution < -0.4 is 18.1 Å². The van der Waals surface area contributed by atoms with E-state index in [0.29, 0.717) is 0 Å². The predicted molar refractivity (Wildman–Crippen MR) is 51.6 cm³/mol. The molecule has 0 spiro atoms. The van der Waals surface area contributed by atoms with Crippen LogP contribution in [0.25, 0.3) is 0 Å². The molecule has 0 fully saturated rings. The lowest BCUT2D eigenvalue weighted by atomic mass is 10.0. The highest BCUT2D eigenvalue weighted by Crippen LogP contribution is 2.18. The van der Waals surface area contributed by atoms with Gasteiger partial charge in [0.2, 0.25) is 0 Å². The molecule has 1 rings (SSSR count). The second-order valence-corrected chi connectivity index (χ2v) is 3.80. The molecule has 4 N–H and O–H groups in total. The van der Waals surface area contributed by atoms with Gasteiger partial charge in [-0.25, -0.2) is 0 Å². The smallest absolute Gasteiger partial charge is 0.134 e. The van der Waals surface area contributed by atoms with Gasteiger partial charge in [-0.2, -0.15) is 0 Å². The van der Waals surface area contributed by atoms with Crippen molar-refractivity contribution in [1.82, 2.24) is 0 Å². The summed E-state index contributed by atoms with van der Waals surface area (Å²) in [5, 5.41) is 8.91. The molecule has 74 valence electrons. The predicted octanol–water partition coefficient (Wildman–Crippen LogP) is -1.96. The van der Waals surface area contributed by atoms with Crippen LogP contribution in [0.1, 0.15) is 17.2 Å². The van der Waals surface area contributed by atoms with E-state index in [1.165, 1.54) is 5.56 Å². The van der Waals surface area contributed by atoms with Crippen LogP contribution in [0.4, 0.5) is 0 Å². The minimum Gasteiger partial charge on any atom is -1.00 e. The fourth-order valence-electron chi connectivity index (χ4n) is 1.20. The lowest BCUT2D eigenvalue weighted by molar-refractivity contribution is -0.432. The molecule has 0 saturated heterocycles. The molecule has 0 aromatic heterocycles. The molecule has 4 heteroatoms. The second kappa shape index (κ2) is 5.60. The first kappa shape index (κ1) is 12.9. The van der Waals surface area contributed by atoms with Crippen molar-refractivity contribution in [2.24, 2.45) is 0 Å². The van der Waals surface area contributed by atoms with Crippen LogP contribution in [0.3, 0.4) is 0 Å². The lowest BCUT2D eigenvalue weighted by Crippen LogP contribution is -3.00. The number of benzene rings is 1. The Morgan fingerprint density at radius 1 is 1.54 bits per heavy atom. The van der Waals surface area contributed by atoms with Crippen molar-refractivity contribution in [2.45, 2.75) is 13.0 Å². The van der Waals surface area contributed by atoms with Gasteiger partial charge >= 0.3 is 0 Å². The van der Waals surface area contributed by atoms with Gasteiger partial charge in [0.25, 0.3) is 0 Å². The van der Waals surface area contributed by atoms with Crippen molar-refractivity contribution < 1.29 is 23.2 Å². The maximum Gasteiger partial charge on any atom is 0.134 e. The number of hydrogen-bond acceptors (Lipinski definition) is 1. The summed E-state index contributed by atoms with van der Waals surface area (Å²) in [5.74, 6) is 0. The van der Waals surface area contributed by atoms with Gasteiger partial charge in [-0.15, -0.1) is 0 Å². The minimum absolute atomic E-state index is 0. The van der Waals surface area contributed by atoms with Crippen molar-refractivity contribution in [3.63, 3.8) is 0 Å². The van der Waals surface area contributed by atoms with E-state index < -0.39 is 0 Å². The Hall–Kier alpha value is -0.0900. The van der Waals surface area contributed by atoms with Crippen molar-refractivity contribution in [3.05, 3.63) is 33.8 Å². The van der Waals surface area contributed by atoms with Gasteiger partial charge in [0.05, 0.1) is 6.61 Å². The zero-order valence-corrected chi connectivity index (χ0v) is 9.77. The first-order chi connectivity index (χ1) is 5.65. The summed E-state index contributed by atoms with van der Waals surface area (Å²) >= 11 is 3.38. The van der Waals surface area contributed by atoms with Crippen LogP contribution >= 0.6 is 15.9 Å². The van der Waals surface area contributed by atoms with Gasteiger partial charge in [-0.1, -0.05) is 22.0 Å². The zero-order valence-electron chi connectivity index (χ0n) is 7.43. The zero-order chi connectivity index (χ0) is 9.14. The van der Waals surface area contributed by atoms with Crippen molar-refractivity contribution in [2.75, 3.05) is 6.61 Å². The number of aryl methyl sites for hydroxylation is 1. The molecule has 0 heterocycles. The molecule has 1 aromatic carbocycles. The topological polar surface area (TPSA) is 47.9 Å². The summed E-state index contributed by atoms with van der Waals surface area (Å²) < 4.78 is 1.06. The molecule has 13 heavy (non-hydrogen) atoms. The molecule has 0 amide bonds. The lowest BCUT2D eigenvalue weighted by Gasteiger charge is -2.08. The Kier molecular flexibility index (Phi) is 5.56. The van der Waals surface area contributed by atoms with Crippen LogP contribution in [0, 0.1) is 6.92 Å². The van der Waals surface area contributed by atoms with E-state index in [1.807, 2.05) is 25.1 Å². The first-order valence-electron chi connectivity index (χ1n) is 3.85. The standard InChI is InChI=1S/C9H12BrNO.ClH/c1-6-4-7(10)2-3-8(6)9(11)5-12;/h2-4,9,12H,5,11H2,1H3;1H. The molecular weight excluding hydrogens is 253 g/mol. The normalized spacial score (nSPS) is 12.0. The van der Waals surface area contributed by atoms with Gasteiger partial charge in [-0.05, 0) is 24.6 Å². The quantitative estimate of drug-likeness (QED) is 0.641. The summed E-state index contributed by atoms with van der Waals surface area (Å²) in [6.45, 7) is 2.12. The molecule has 2 nitrogen and oxygen atoms in total. The molecule has 0 radical (unpaired) electrons. The van der Waals surface area contributed by atoms with E-state index in [1.54, 1.807) is 0 Å². The third-order valence-electron chi connectivity index (χ3n) is 1.89. The monoisotopic (exact) mass is 265 g/mol. The molecule has 1 atom stereocenters. The average molecular weight is 267 g/mol. The summed E-state index contributed by atoms with van der Waals surface area (Å²) in [7, 11) is 0. The highest BCUT2D eigenvalue weighted by atomic mass is 79.9. The maximum absolute atomic E-state index is 8.91. The molecule has 0 bridgehead atoms. The fraction of sp³-hybridized carbons (Fsp3) is 0.333. The van der Waals surface area contributed by atoms with Gasteiger partial charge in [0, 0.05) is 10.0 Å². The Morgan fingerprint density at radius 2 is 2.15 bits per heavy atom. The SMILES string of the molecule is Cc1cc(Br)ccc1C([NH3+])CO.[Cl-]. The van der Waals surface area contributed by atoms with E-state index in [-0.39, 0.29) is 25.1 Å². The summed E-state index contributed by atoms with van der Waals surface area (Å²) in [6.07, 6.45) is 0. The van der Waals surface area contributed by atoms with Gasteiger partial charge in [0.1, 0.15) is 6.04 Å². The summed E-state index contributed by atoms with van der Waals surface area (Å²) in [5.41, 5.74) is 6.13. The number of aliphatic hydroxyl groups is 1. The van der Waals surface area contributed by atoms with Crippen LogP contribution in [0.2, 0.25) is 0 Å². The van der Waals surface area contributed by atoms with Crippen LogP contribution in [0.15, 0.2) is 22.7 Å². The molecule has 1 aromatic rings. The second-order valence-electron chi connectivity index (χ2n) is 2.88. The summed E-state index contributed by atoms with van der Waals surface area (Å²) in [4.78, 5) is 0.